The Morgan fingerprint density at radius 1 is 1.03 bits per heavy atom. The molecule has 148 valence electrons. The molecule has 0 aliphatic rings. The van der Waals surface area contributed by atoms with Gasteiger partial charge in [0.05, 0.1) is 10.2 Å². The van der Waals surface area contributed by atoms with Gasteiger partial charge in [-0.1, -0.05) is 24.3 Å². The van der Waals surface area contributed by atoms with Crippen LogP contribution in [0.2, 0.25) is 0 Å². The Balaban J connectivity index is 1.24. The molecule has 0 fully saturated rings. The Morgan fingerprint density at radius 3 is 2.73 bits per heavy atom. The van der Waals surface area contributed by atoms with E-state index in [1.54, 1.807) is 11.3 Å². The van der Waals surface area contributed by atoms with Crippen LogP contribution in [0.4, 0.5) is 5.69 Å². The van der Waals surface area contributed by atoms with Crippen LogP contribution in [0.5, 0.6) is 0 Å². The van der Waals surface area contributed by atoms with Crippen molar-refractivity contribution in [1.29, 1.82) is 0 Å². The Labute approximate surface area is 178 Å². The number of carbonyl (C=O) groups excluding carboxylic acids is 1. The summed E-state index contributed by atoms with van der Waals surface area (Å²) in [6.45, 7) is 2.75. The molecule has 5 heteroatoms. The molecule has 0 aliphatic carbocycles. The molecule has 4 nitrogen and oxygen atoms in total. The van der Waals surface area contributed by atoms with Crippen molar-refractivity contribution in [3.05, 3.63) is 84.6 Å². The van der Waals surface area contributed by atoms with Crippen LogP contribution in [0.25, 0.3) is 31.7 Å². The molecule has 0 saturated carbocycles. The Hall–Kier alpha value is -3.44. The van der Waals surface area contributed by atoms with E-state index in [9.17, 15) is 4.79 Å². The highest BCUT2D eigenvalue weighted by atomic mass is 32.1. The number of rotatable bonds is 5. The zero-order valence-corrected chi connectivity index (χ0v) is 17.4. The second kappa shape index (κ2) is 7.76. The summed E-state index contributed by atoms with van der Waals surface area (Å²) < 4.78 is 3.31. The molecule has 3 aromatic carbocycles. The van der Waals surface area contributed by atoms with Gasteiger partial charge in [-0.25, -0.2) is 4.98 Å². The van der Waals surface area contributed by atoms with Gasteiger partial charge in [-0.3, -0.25) is 4.79 Å². The number of carbonyl (C=O) groups is 1. The van der Waals surface area contributed by atoms with Crippen LogP contribution < -0.4 is 5.32 Å². The number of aryl methyl sites for hydroxylation is 2. The number of nitrogens with zero attached hydrogens (tertiary/aromatic N) is 2. The molecule has 1 amide bonds. The molecule has 2 heterocycles. The van der Waals surface area contributed by atoms with Gasteiger partial charge in [-0.2, -0.15) is 0 Å². The lowest BCUT2D eigenvalue weighted by molar-refractivity contribution is -0.116. The number of anilines is 1. The largest absolute Gasteiger partial charge is 0.347 e. The van der Waals surface area contributed by atoms with Crippen LogP contribution in [0.15, 0.2) is 79.0 Å². The first-order chi connectivity index (χ1) is 14.7. The number of benzene rings is 3. The molecule has 0 unspecified atom stereocenters. The number of nitrogens with one attached hydrogen (secondary N) is 1. The van der Waals surface area contributed by atoms with Crippen molar-refractivity contribution in [3.8, 4) is 10.6 Å². The van der Waals surface area contributed by atoms with Gasteiger partial charge in [-0.15, -0.1) is 11.3 Å². The van der Waals surface area contributed by atoms with E-state index in [2.05, 4.69) is 53.2 Å². The first-order valence-electron chi connectivity index (χ1n) is 9.97. The highest BCUT2D eigenvalue weighted by Gasteiger charge is 2.08. The maximum atomic E-state index is 12.4. The van der Waals surface area contributed by atoms with E-state index in [0.717, 1.165) is 27.3 Å². The fourth-order valence-electron chi connectivity index (χ4n) is 3.63. The van der Waals surface area contributed by atoms with Gasteiger partial charge in [0.15, 0.2) is 0 Å². The summed E-state index contributed by atoms with van der Waals surface area (Å²) in [5.41, 5.74) is 5.28. The van der Waals surface area contributed by atoms with Crippen LogP contribution >= 0.6 is 11.3 Å². The summed E-state index contributed by atoms with van der Waals surface area (Å²) in [4.78, 5) is 17.1. The van der Waals surface area contributed by atoms with Crippen molar-refractivity contribution in [3.63, 3.8) is 0 Å². The molecule has 1 N–H and O–H groups in total. The van der Waals surface area contributed by atoms with Gasteiger partial charge in [0.25, 0.3) is 0 Å². The zero-order chi connectivity index (χ0) is 20.5. The summed E-state index contributed by atoms with van der Waals surface area (Å²) in [6, 6.07) is 24.5. The first-order valence-corrected chi connectivity index (χ1v) is 10.8. The van der Waals surface area contributed by atoms with E-state index >= 15 is 0 Å². The molecular weight excluding hydrogens is 390 g/mol. The van der Waals surface area contributed by atoms with E-state index in [4.69, 9.17) is 4.98 Å². The molecular formula is C25H21N3OS. The maximum absolute atomic E-state index is 12.4. The van der Waals surface area contributed by atoms with Gasteiger partial charge in [0.2, 0.25) is 5.91 Å². The number of hydrogen-bond acceptors (Lipinski definition) is 3. The number of para-hydroxylation sites is 1. The Bertz CT molecular complexity index is 1350. The van der Waals surface area contributed by atoms with E-state index in [1.165, 1.54) is 15.6 Å². The lowest BCUT2D eigenvalue weighted by Crippen LogP contribution is -2.14. The summed E-state index contributed by atoms with van der Waals surface area (Å²) in [7, 11) is 0. The second-order valence-electron chi connectivity index (χ2n) is 7.43. The van der Waals surface area contributed by atoms with Crippen LogP contribution in [-0.2, 0) is 11.3 Å². The second-order valence-corrected chi connectivity index (χ2v) is 8.46. The normalized spacial score (nSPS) is 11.2. The molecule has 0 radical (unpaired) electrons. The summed E-state index contributed by atoms with van der Waals surface area (Å²) >= 11 is 1.69. The smallest absolute Gasteiger partial charge is 0.226 e. The lowest BCUT2D eigenvalue weighted by atomic mass is 10.2. The maximum Gasteiger partial charge on any atom is 0.226 e. The molecule has 0 bridgehead atoms. The quantitative estimate of drug-likeness (QED) is 0.371. The monoisotopic (exact) mass is 411 g/mol. The van der Waals surface area contributed by atoms with Crippen molar-refractivity contribution < 1.29 is 4.79 Å². The van der Waals surface area contributed by atoms with Crippen molar-refractivity contribution in [1.82, 2.24) is 9.55 Å². The van der Waals surface area contributed by atoms with Crippen LogP contribution in [-0.4, -0.2) is 15.5 Å². The highest BCUT2D eigenvalue weighted by molar-refractivity contribution is 7.21. The molecule has 0 saturated heterocycles. The third-order valence-electron chi connectivity index (χ3n) is 5.22. The molecule has 30 heavy (non-hydrogen) atoms. The third-order valence-corrected chi connectivity index (χ3v) is 6.29. The number of hydrogen-bond donors (Lipinski definition) is 1. The Kier molecular flexibility index (Phi) is 4.81. The number of thiazole rings is 1. The van der Waals surface area contributed by atoms with Gasteiger partial charge in [0, 0.05) is 35.9 Å². The average Bonchev–Trinajstić information content (AvgIpc) is 3.36. The minimum absolute atomic E-state index is 0.0102. The third kappa shape index (κ3) is 3.72. The predicted octanol–water partition coefficient (Wildman–Crippen LogP) is 6.26. The number of amides is 1. The van der Waals surface area contributed by atoms with Crippen molar-refractivity contribution in [2.45, 2.75) is 19.9 Å². The standard InChI is InChI=1S/C25H21N3OS/c1-17-6-11-21-23(16-17)30-25(27-21)19-7-9-20(10-8-19)26-24(29)13-15-28-14-12-18-4-2-3-5-22(18)28/h2-12,14,16H,13,15H2,1H3,(H,26,29). The number of aromatic nitrogens is 2. The minimum atomic E-state index is 0.0102. The van der Waals surface area contributed by atoms with Gasteiger partial charge in [0.1, 0.15) is 5.01 Å². The summed E-state index contributed by atoms with van der Waals surface area (Å²) in [5.74, 6) is 0.0102. The van der Waals surface area contributed by atoms with E-state index in [0.29, 0.717) is 13.0 Å². The Morgan fingerprint density at radius 2 is 1.87 bits per heavy atom. The molecule has 5 aromatic rings. The zero-order valence-electron chi connectivity index (χ0n) is 16.6. The van der Waals surface area contributed by atoms with Gasteiger partial charge >= 0.3 is 0 Å². The summed E-state index contributed by atoms with van der Waals surface area (Å²) in [6.07, 6.45) is 2.46. The lowest BCUT2D eigenvalue weighted by Gasteiger charge is -2.08. The van der Waals surface area contributed by atoms with Gasteiger partial charge < -0.3 is 9.88 Å². The molecule has 0 spiro atoms. The van der Waals surface area contributed by atoms with E-state index < -0.39 is 0 Å². The van der Waals surface area contributed by atoms with Crippen molar-refractivity contribution >= 4 is 44.1 Å². The van der Waals surface area contributed by atoms with Crippen molar-refractivity contribution in [2.24, 2.45) is 0 Å². The molecule has 0 atom stereocenters. The minimum Gasteiger partial charge on any atom is -0.347 e. The van der Waals surface area contributed by atoms with E-state index in [1.807, 2.05) is 42.6 Å². The molecule has 2 aromatic heterocycles. The van der Waals surface area contributed by atoms with Crippen LogP contribution in [0.3, 0.4) is 0 Å². The van der Waals surface area contributed by atoms with E-state index in [-0.39, 0.29) is 5.91 Å². The fourth-order valence-corrected chi connectivity index (χ4v) is 4.70. The first kappa shape index (κ1) is 18.6. The van der Waals surface area contributed by atoms with Gasteiger partial charge in [-0.05, 0) is 66.4 Å². The highest BCUT2D eigenvalue weighted by Crippen LogP contribution is 2.31. The topological polar surface area (TPSA) is 46.9 Å². The van der Waals surface area contributed by atoms with Crippen LogP contribution in [0.1, 0.15) is 12.0 Å². The molecule has 5 rings (SSSR count). The number of fused-ring (bicyclic) bond motifs is 2. The van der Waals surface area contributed by atoms with Crippen LogP contribution in [0, 0.1) is 6.92 Å². The fraction of sp³-hybridized carbons (Fsp3) is 0.120. The molecule has 0 aliphatic heterocycles. The van der Waals surface area contributed by atoms with Crippen molar-refractivity contribution in [2.75, 3.05) is 5.32 Å². The average molecular weight is 412 g/mol. The predicted molar refractivity (Wildman–Crippen MR) is 125 cm³/mol. The summed E-state index contributed by atoms with van der Waals surface area (Å²) in [5, 5.41) is 5.18. The SMILES string of the molecule is Cc1ccc2nc(-c3ccc(NC(=O)CCn4ccc5ccccc54)cc3)sc2c1.